The SMILES string of the molecule is C=CCC1(C)CCN(S(=O)(=O)c2ccc(C)cc2)C1=O. The van der Waals surface area contributed by atoms with E-state index < -0.39 is 15.4 Å². The van der Waals surface area contributed by atoms with Gasteiger partial charge in [0.15, 0.2) is 0 Å². The summed E-state index contributed by atoms with van der Waals surface area (Å²) in [5.74, 6) is -0.335. The second-order valence-corrected chi connectivity index (χ2v) is 7.36. The second-order valence-electron chi connectivity index (χ2n) is 5.50. The lowest BCUT2D eigenvalue weighted by Crippen LogP contribution is -2.37. The van der Waals surface area contributed by atoms with E-state index in [-0.39, 0.29) is 17.3 Å². The lowest BCUT2D eigenvalue weighted by atomic mass is 9.85. The molecule has 2 rings (SSSR count). The quantitative estimate of drug-likeness (QED) is 0.801. The molecule has 0 bridgehead atoms. The summed E-state index contributed by atoms with van der Waals surface area (Å²) in [7, 11) is -3.74. The number of hydrogen-bond acceptors (Lipinski definition) is 3. The number of nitrogens with zero attached hydrogens (tertiary/aromatic N) is 1. The van der Waals surface area contributed by atoms with Crippen molar-refractivity contribution in [2.45, 2.75) is 31.6 Å². The van der Waals surface area contributed by atoms with E-state index >= 15 is 0 Å². The molecule has 0 aromatic heterocycles. The van der Waals surface area contributed by atoms with Gasteiger partial charge in [0.2, 0.25) is 5.91 Å². The number of aryl methyl sites for hydroxylation is 1. The average molecular weight is 293 g/mol. The smallest absolute Gasteiger partial charge is 0.266 e. The molecule has 4 nitrogen and oxygen atoms in total. The zero-order valence-electron chi connectivity index (χ0n) is 11.8. The zero-order valence-corrected chi connectivity index (χ0v) is 12.6. The molecular formula is C15H19NO3S. The molecule has 1 atom stereocenters. The molecule has 1 saturated heterocycles. The summed E-state index contributed by atoms with van der Waals surface area (Å²) in [6.07, 6.45) is 2.69. The number of sulfonamides is 1. The Balaban J connectivity index is 2.35. The van der Waals surface area contributed by atoms with E-state index in [1.54, 1.807) is 37.3 Å². The highest BCUT2D eigenvalue weighted by atomic mass is 32.2. The molecule has 1 unspecified atom stereocenters. The van der Waals surface area contributed by atoms with Gasteiger partial charge in [-0.05, 0) is 31.9 Å². The van der Waals surface area contributed by atoms with Crippen LogP contribution in [-0.4, -0.2) is 25.2 Å². The van der Waals surface area contributed by atoms with Crippen molar-refractivity contribution < 1.29 is 13.2 Å². The van der Waals surface area contributed by atoms with Gasteiger partial charge in [0.05, 0.1) is 10.3 Å². The van der Waals surface area contributed by atoms with E-state index in [9.17, 15) is 13.2 Å². The van der Waals surface area contributed by atoms with Crippen LogP contribution < -0.4 is 0 Å². The van der Waals surface area contributed by atoms with E-state index in [4.69, 9.17) is 0 Å². The predicted molar refractivity (Wildman–Crippen MR) is 77.6 cm³/mol. The van der Waals surface area contributed by atoms with Crippen LogP contribution in [0.5, 0.6) is 0 Å². The van der Waals surface area contributed by atoms with Crippen LogP contribution in [0.15, 0.2) is 41.8 Å². The summed E-state index contributed by atoms with van der Waals surface area (Å²) in [4.78, 5) is 12.6. The Kier molecular flexibility index (Phi) is 3.73. The molecule has 1 aromatic carbocycles. The predicted octanol–water partition coefficient (Wildman–Crippen LogP) is 2.50. The zero-order chi connectivity index (χ0) is 15.0. The third-order valence-corrected chi connectivity index (χ3v) is 5.61. The van der Waals surface area contributed by atoms with Crippen LogP contribution in [0.25, 0.3) is 0 Å². The number of rotatable bonds is 4. The van der Waals surface area contributed by atoms with E-state index in [0.717, 1.165) is 9.87 Å². The number of amides is 1. The minimum Gasteiger partial charge on any atom is -0.273 e. The van der Waals surface area contributed by atoms with Crippen molar-refractivity contribution in [1.29, 1.82) is 0 Å². The number of carbonyl (C=O) groups excluding carboxylic acids is 1. The molecule has 0 aliphatic carbocycles. The number of carbonyl (C=O) groups is 1. The molecule has 0 spiro atoms. The maximum absolute atomic E-state index is 12.5. The van der Waals surface area contributed by atoms with Crippen molar-refractivity contribution in [2.75, 3.05) is 6.54 Å². The molecule has 1 fully saturated rings. The summed E-state index contributed by atoms with van der Waals surface area (Å²) in [6, 6.07) is 6.55. The molecule has 1 aliphatic rings. The number of allylic oxidation sites excluding steroid dienone is 1. The Morgan fingerprint density at radius 1 is 1.35 bits per heavy atom. The van der Waals surface area contributed by atoms with Crippen LogP contribution in [-0.2, 0) is 14.8 Å². The average Bonchev–Trinajstić information content (AvgIpc) is 2.67. The van der Waals surface area contributed by atoms with Gasteiger partial charge in [-0.1, -0.05) is 30.7 Å². The Labute approximate surface area is 120 Å². The molecule has 0 radical (unpaired) electrons. The van der Waals surface area contributed by atoms with Gasteiger partial charge in [-0.2, -0.15) is 0 Å². The molecular weight excluding hydrogens is 274 g/mol. The van der Waals surface area contributed by atoms with Crippen molar-refractivity contribution in [1.82, 2.24) is 4.31 Å². The number of hydrogen-bond donors (Lipinski definition) is 0. The van der Waals surface area contributed by atoms with Gasteiger partial charge in [0, 0.05) is 6.54 Å². The maximum Gasteiger partial charge on any atom is 0.266 e. The monoisotopic (exact) mass is 293 g/mol. The summed E-state index contributed by atoms with van der Waals surface area (Å²) >= 11 is 0. The standard InChI is InChI=1S/C15H19NO3S/c1-4-9-15(3)10-11-16(14(15)17)20(18,19)13-7-5-12(2)6-8-13/h4-8H,1,9-11H2,2-3H3. The lowest BCUT2D eigenvalue weighted by molar-refractivity contribution is -0.131. The van der Waals surface area contributed by atoms with Gasteiger partial charge in [-0.3, -0.25) is 4.79 Å². The highest BCUT2D eigenvalue weighted by Gasteiger charge is 2.46. The minimum absolute atomic E-state index is 0.166. The van der Waals surface area contributed by atoms with Crippen LogP contribution in [0.1, 0.15) is 25.3 Å². The molecule has 1 amide bonds. The Bertz CT molecular complexity index is 634. The molecule has 1 heterocycles. The second kappa shape index (κ2) is 5.05. The van der Waals surface area contributed by atoms with Crippen molar-refractivity contribution in [3.8, 4) is 0 Å². The fraction of sp³-hybridized carbons (Fsp3) is 0.400. The van der Waals surface area contributed by atoms with Gasteiger partial charge in [0.1, 0.15) is 0 Å². The van der Waals surface area contributed by atoms with Crippen LogP contribution in [0.2, 0.25) is 0 Å². The normalized spacial score (nSPS) is 23.1. The number of benzene rings is 1. The van der Waals surface area contributed by atoms with Crippen LogP contribution in [0.4, 0.5) is 0 Å². The highest BCUT2D eigenvalue weighted by Crippen LogP contribution is 2.37. The Morgan fingerprint density at radius 2 is 1.95 bits per heavy atom. The van der Waals surface area contributed by atoms with Gasteiger partial charge >= 0.3 is 0 Å². The molecule has 1 aromatic rings. The van der Waals surface area contributed by atoms with Crippen molar-refractivity contribution in [2.24, 2.45) is 5.41 Å². The summed E-state index contributed by atoms with van der Waals surface area (Å²) < 4.78 is 26.1. The molecule has 5 heteroatoms. The first-order valence-corrected chi connectivity index (χ1v) is 8.00. The van der Waals surface area contributed by atoms with E-state index in [2.05, 4.69) is 6.58 Å². The highest BCUT2D eigenvalue weighted by molar-refractivity contribution is 7.89. The van der Waals surface area contributed by atoms with Crippen LogP contribution in [0, 0.1) is 12.3 Å². The van der Waals surface area contributed by atoms with E-state index in [0.29, 0.717) is 12.8 Å². The first kappa shape index (κ1) is 14.8. The van der Waals surface area contributed by atoms with Gasteiger partial charge in [0.25, 0.3) is 10.0 Å². The lowest BCUT2D eigenvalue weighted by Gasteiger charge is -2.22. The molecule has 20 heavy (non-hydrogen) atoms. The summed E-state index contributed by atoms with van der Waals surface area (Å²) in [6.45, 7) is 7.55. The maximum atomic E-state index is 12.5. The molecule has 0 saturated carbocycles. The summed E-state index contributed by atoms with van der Waals surface area (Å²) in [5, 5.41) is 0. The first-order chi connectivity index (χ1) is 9.31. The largest absolute Gasteiger partial charge is 0.273 e. The van der Waals surface area contributed by atoms with Crippen molar-refractivity contribution in [3.05, 3.63) is 42.5 Å². The Hall–Kier alpha value is -1.62. The van der Waals surface area contributed by atoms with Gasteiger partial charge < -0.3 is 0 Å². The van der Waals surface area contributed by atoms with Crippen molar-refractivity contribution >= 4 is 15.9 Å². The molecule has 108 valence electrons. The van der Waals surface area contributed by atoms with Crippen LogP contribution in [0.3, 0.4) is 0 Å². The van der Waals surface area contributed by atoms with Crippen LogP contribution >= 0.6 is 0 Å². The summed E-state index contributed by atoms with van der Waals surface area (Å²) in [5.41, 5.74) is 0.327. The fourth-order valence-electron chi connectivity index (χ4n) is 2.43. The van der Waals surface area contributed by atoms with E-state index in [1.165, 1.54) is 0 Å². The molecule has 0 N–H and O–H groups in total. The van der Waals surface area contributed by atoms with Crippen molar-refractivity contribution in [3.63, 3.8) is 0 Å². The van der Waals surface area contributed by atoms with E-state index in [1.807, 2.05) is 6.92 Å². The third kappa shape index (κ3) is 2.38. The van der Waals surface area contributed by atoms with Gasteiger partial charge in [-0.15, -0.1) is 6.58 Å². The molecule has 1 aliphatic heterocycles. The fourth-order valence-corrected chi connectivity index (χ4v) is 3.94. The minimum atomic E-state index is -3.74. The topological polar surface area (TPSA) is 54.5 Å². The first-order valence-electron chi connectivity index (χ1n) is 6.56. The third-order valence-electron chi connectivity index (χ3n) is 3.81. The van der Waals surface area contributed by atoms with Gasteiger partial charge in [-0.25, -0.2) is 12.7 Å². The Morgan fingerprint density at radius 3 is 2.50 bits per heavy atom.